The van der Waals surface area contributed by atoms with E-state index < -0.39 is 0 Å². The van der Waals surface area contributed by atoms with E-state index in [2.05, 4.69) is 47.0 Å². The summed E-state index contributed by atoms with van der Waals surface area (Å²) in [5.74, 6) is 0.951. The molecule has 0 aromatic carbocycles. The molecule has 0 spiro atoms. The molecule has 4 heterocycles. The molecule has 3 aromatic rings. The van der Waals surface area contributed by atoms with Crippen molar-refractivity contribution in [3.63, 3.8) is 0 Å². The second-order valence-electron chi connectivity index (χ2n) is 5.42. The summed E-state index contributed by atoms with van der Waals surface area (Å²) in [5.41, 5.74) is 2.82. The van der Waals surface area contributed by atoms with Crippen molar-refractivity contribution >= 4 is 28.3 Å². The number of fused-ring (bicyclic) bond motifs is 1. The van der Waals surface area contributed by atoms with Crippen molar-refractivity contribution in [1.29, 1.82) is 0 Å². The molecular formula is C14H17N7S. The number of aromatic amines is 1. The number of aromatic nitrogens is 5. The largest absolute Gasteiger partial charge is 0.352 e. The maximum atomic E-state index is 4.55. The van der Waals surface area contributed by atoms with Gasteiger partial charge in [0.2, 0.25) is 0 Å². The Labute approximate surface area is 132 Å². The molecule has 0 saturated carbocycles. The summed E-state index contributed by atoms with van der Waals surface area (Å²) in [7, 11) is 0. The highest BCUT2D eigenvalue weighted by molar-refractivity contribution is 7.09. The van der Waals surface area contributed by atoms with Gasteiger partial charge in [-0.05, 0) is 6.92 Å². The minimum Gasteiger partial charge on any atom is -0.352 e. The monoisotopic (exact) mass is 315 g/mol. The normalized spacial score (nSPS) is 16.5. The number of imidazole rings is 1. The van der Waals surface area contributed by atoms with Crippen LogP contribution in [0.15, 0.2) is 18.0 Å². The quantitative estimate of drug-likeness (QED) is 0.788. The van der Waals surface area contributed by atoms with Crippen molar-refractivity contribution in [2.45, 2.75) is 13.5 Å². The lowest BCUT2D eigenvalue weighted by Gasteiger charge is -2.35. The van der Waals surface area contributed by atoms with Crippen LogP contribution in [-0.4, -0.2) is 56.0 Å². The first-order chi connectivity index (χ1) is 10.8. The topological polar surface area (TPSA) is 73.8 Å². The molecule has 0 aliphatic carbocycles. The number of piperazine rings is 1. The van der Waals surface area contributed by atoms with Crippen molar-refractivity contribution < 1.29 is 0 Å². The van der Waals surface area contributed by atoms with Crippen molar-refractivity contribution in [1.82, 2.24) is 29.8 Å². The number of nitrogens with one attached hydrogen (secondary N) is 1. The first kappa shape index (κ1) is 13.6. The molecule has 1 aliphatic rings. The molecule has 1 saturated heterocycles. The van der Waals surface area contributed by atoms with Crippen molar-refractivity contribution in [3.05, 3.63) is 28.7 Å². The van der Waals surface area contributed by atoms with Crippen molar-refractivity contribution in [3.8, 4) is 0 Å². The van der Waals surface area contributed by atoms with E-state index in [1.807, 2.05) is 0 Å². The molecule has 114 valence electrons. The van der Waals surface area contributed by atoms with Gasteiger partial charge >= 0.3 is 0 Å². The summed E-state index contributed by atoms with van der Waals surface area (Å²) in [6.07, 6.45) is 3.26. The molecular weight excluding hydrogens is 298 g/mol. The third kappa shape index (κ3) is 2.55. The fourth-order valence-corrected chi connectivity index (χ4v) is 3.42. The zero-order valence-electron chi connectivity index (χ0n) is 12.4. The molecule has 1 N–H and O–H groups in total. The maximum absolute atomic E-state index is 4.55. The smallest absolute Gasteiger partial charge is 0.182 e. The van der Waals surface area contributed by atoms with Crippen LogP contribution in [-0.2, 0) is 6.54 Å². The zero-order valence-corrected chi connectivity index (χ0v) is 13.2. The van der Waals surface area contributed by atoms with E-state index in [-0.39, 0.29) is 0 Å². The number of nitrogens with zero attached hydrogens (tertiary/aromatic N) is 6. The number of anilines is 1. The Bertz CT molecular complexity index is 772. The third-order valence-electron chi connectivity index (χ3n) is 3.93. The summed E-state index contributed by atoms with van der Waals surface area (Å²) >= 11 is 1.72. The predicted molar refractivity (Wildman–Crippen MR) is 86.0 cm³/mol. The van der Waals surface area contributed by atoms with Crippen molar-refractivity contribution in [2.75, 3.05) is 31.1 Å². The highest BCUT2D eigenvalue weighted by Crippen LogP contribution is 2.21. The first-order valence-electron chi connectivity index (χ1n) is 7.32. The molecule has 1 aliphatic heterocycles. The Morgan fingerprint density at radius 3 is 2.82 bits per heavy atom. The van der Waals surface area contributed by atoms with Crippen LogP contribution in [0.2, 0.25) is 0 Å². The highest BCUT2D eigenvalue weighted by atomic mass is 32.1. The Morgan fingerprint density at radius 1 is 1.18 bits per heavy atom. The predicted octanol–water partition coefficient (Wildman–Crippen LogP) is 1.44. The highest BCUT2D eigenvalue weighted by Gasteiger charge is 2.21. The lowest BCUT2D eigenvalue weighted by molar-refractivity contribution is 0.247. The molecule has 3 aromatic heterocycles. The molecule has 1 fully saturated rings. The fraction of sp³-hybridized carbons (Fsp3) is 0.429. The zero-order chi connectivity index (χ0) is 14.9. The van der Waals surface area contributed by atoms with Crippen molar-refractivity contribution in [2.24, 2.45) is 0 Å². The van der Waals surface area contributed by atoms with E-state index in [1.54, 1.807) is 24.0 Å². The van der Waals surface area contributed by atoms with Gasteiger partial charge in [-0.25, -0.2) is 19.9 Å². The van der Waals surface area contributed by atoms with Gasteiger partial charge in [0, 0.05) is 38.1 Å². The average Bonchev–Trinajstić information content (AvgIpc) is 3.16. The first-order valence-corrected chi connectivity index (χ1v) is 8.20. The Balaban J connectivity index is 1.44. The molecule has 7 nitrogen and oxygen atoms in total. The minimum atomic E-state index is 0.727. The number of hydrogen-bond donors (Lipinski definition) is 1. The van der Waals surface area contributed by atoms with Crippen LogP contribution in [0, 0.1) is 6.92 Å². The van der Waals surface area contributed by atoms with Crippen LogP contribution in [0.1, 0.15) is 10.7 Å². The summed E-state index contributed by atoms with van der Waals surface area (Å²) in [6, 6.07) is 0. The Kier molecular flexibility index (Phi) is 3.47. The second-order valence-corrected chi connectivity index (χ2v) is 6.48. The molecule has 0 amide bonds. The molecule has 0 unspecified atom stereocenters. The molecule has 4 rings (SSSR count). The van der Waals surface area contributed by atoms with Crippen LogP contribution in [0.25, 0.3) is 11.2 Å². The van der Waals surface area contributed by atoms with Gasteiger partial charge in [0.15, 0.2) is 11.5 Å². The molecule has 0 radical (unpaired) electrons. The molecule has 0 bridgehead atoms. The van der Waals surface area contributed by atoms with Crippen LogP contribution < -0.4 is 4.90 Å². The van der Waals surface area contributed by atoms with E-state index in [4.69, 9.17) is 0 Å². The molecule has 22 heavy (non-hydrogen) atoms. The van der Waals surface area contributed by atoms with Gasteiger partial charge in [-0.2, -0.15) is 0 Å². The van der Waals surface area contributed by atoms with Crippen LogP contribution in [0.4, 0.5) is 5.82 Å². The lowest BCUT2D eigenvalue weighted by atomic mass is 10.3. The summed E-state index contributed by atoms with van der Waals surface area (Å²) in [6.45, 7) is 6.91. The van der Waals surface area contributed by atoms with Gasteiger partial charge in [0.1, 0.15) is 11.8 Å². The SMILES string of the molecule is Cc1nc(CN2CCN(c3ncnc4nc[nH]c34)CC2)cs1. The number of rotatable bonds is 3. The number of hydrogen-bond acceptors (Lipinski definition) is 7. The van der Waals surface area contributed by atoms with Crippen LogP contribution in [0.3, 0.4) is 0 Å². The molecule has 0 atom stereocenters. The van der Waals surface area contributed by atoms with E-state index in [9.17, 15) is 0 Å². The van der Waals surface area contributed by atoms with E-state index in [1.165, 1.54) is 5.69 Å². The second kappa shape index (κ2) is 5.62. The molecule has 8 heteroatoms. The van der Waals surface area contributed by atoms with Gasteiger partial charge in [-0.1, -0.05) is 0 Å². The Morgan fingerprint density at radius 2 is 2.05 bits per heavy atom. The van der Waals surface area contributed by atoms with Crippen LogP contribution in [0.5, 0.6) is 0 Å². The van der Waals surface area contributed by atoms with Gasteiger partial charge in [0.05, 0.1) is 17.0 Å². The van der Waals surface area contributed by atoms with Gasteiger partial charge in [0.25, 0.3) is 0 Å². The van der Waals surface area contributed by atoms with Gasteiger partial charge in [-0.3, -0.25) is 4.90 Å². The number of H-pyrrole nitrogens is 1. The standard InChI is InChI=1S/C14H17N7S/c1-10-19-11(7-22-10)6-20-2-4-21(5-3-20)14-12-13(16-8-15-12)17-9-18-14/h7-9H,2-6H2,1H3,(H,15,16,17,18). The van der Waals surface area contributed by atoms with E-state index in [0.29, 0.717) is 0 Å². The van der Waals surface area contributed by atoms with E-state index >= 15 is 0 Å². The lowest BCUT2D eigenvalue weighted by Crippen LogP contribution is -2.46. The average molecular weight is 315 g/mol. The summed E-state index contributed by atoms with van der Waals surface area (Å²) in [4.78, 5) is 25.2. The maximum Gasteiger partial charge on any atom is 0.182 e. The number of aryl methyl sites for hydroxylation is 1. The minimum absolute atomic E-state index is 0.727. The Hall–Kier alpha value is -2.06. The number of thiazole rings is 1. The summed E-state index contributed by atoms with van der Waals surface area (Å²) in [5, 5.41) is 3.29. The van der Waals surface area contributed by atoms with E-state index in [0.717, 1.165) is 54.7 Å². The van der Waals surface area contributed by atoms with Gasteiger partial charge < -0.3 is 9.88 Å². The van der Waals surface area contributed by atoms with Gasteiger partial charge in [-0.15, -0.1) is 11.3 Å². The fourth-order valence-electron chi connectivity index (χ4n) is 2.82. The summed E-state index contributed by atoms with van der Waals surface area (Å²) < 4.78 is 0. The van der Waals surface area contributed by atoms with Crippen LogP contribution >= 0.6 is 11.3 Å². The third-order valence-corrected chi connectivity index (χ3v) is 4.75.